The number of likely N-dealkylation sites (tertiary alicyclic amines) is 1. The third kappa shape index (κ3) is 2.05. The van der Waals surface area contributed by atoms with E-state index in [2.05, 4.69) is 4.98 Å². The van der Waals surface area contributed by atoms with Gasteiger partial charge in [-0.15, -0.1) is 11.3 Å². The summed E-state index contributed by atoms with van der Waals surface area (Å²) in [5.41, 5.74) is 2.80. The van der Waals surface area contributed by atoms with Crippen LogP contribution in [0.5, 0.6) is 0 Å². The Morgan fingerprint density at radius 1 is 1.46 bits per heavy atom. The SMILES string of the molecule is OC1CN(Cc2cscn2)CC1O. The van der Waals surface area contributed by atoms with E-state index in [1.165, 1.54) is 0 Å². The molecule has 0 bridgehead atoms. The Labute approximate surface area is 80.5 Å². The van der Waals surface area contributed by atoms with E-state index in [1.807, 2.05) is 10.3 Å². The molecule has 0 radical (unpaired) electrons. The Kier molecular flexibility index (Phi) is 2.59. The van der Waals surface area contributed by atoms with Gasteiger partial charge in [0.2, 0.25) is 0 Å². The summed E-state index contributed by atoms with van der Waals surface area (Å²) < 4.78 is 0. The van der Waals surface area contributed by atoms with Gasteiger partial charge in [-0.1, -0.05) is 0 Å². The summed E-state index contributed by atoms with van der Waals surface area (Å²) in [6.07, 6.45) is -1.20. The molecular formula is C8H12N2O2S. The number of hydrogen-bond donors (Lipinski definition) is 2. The van der Waals surface area contributed by atoms with Crippen molar-refractivity contribution in [2.75, 3.05) is 13.1 Å². The molecule has 0 amide bonds. The Morgan fingerprint density at radius 2 is 2.15 bits per heavy atom. The lowest BCUT2D eigenvalue weighted by atomic mass is 10.3. The van der Waals surface area contributed by atoms with Crippen LogP contribution in [-0.4, -0.2) is 45.4 Å². The van der Waals surface area contributed by atoms with Gasteiger partial charge in [0.05, 0.1) is 23.4 Å². The van der Waals surface area contributed by atoms with Crippen molar-refractivity contribution in [3.05, 3.63) is 16.6 Å². The molecule has 0 aliphatic carbocycles. The first-order chi connectivity index (χ1) is 6.25. The Morgan fingerprint density at radius 3 is 2.69 bits per heavy atom. The van der Waals surface area contributed by atoms with E-state index in [-0.39, 0.29) is 0 Å². The van der Waals surface area contributed by atoms with Crippen LogP contribution in [0.15, 0.2) is 10.9 Å². The van der Waals surface area contributed by atoms with Crippen LogP contribution in [0.3, 0.4) is 0 Å². The van der Waals surface area contributed by atoms with E-state index in [0.29, 0.717) is 13.1 Å². The van der Waals surface area contributed by atoms with Crippen LogP contribution >= 0.6 is 11.3 Å². The van der Waals surface area contributed by atoms with Crippen LogP contribution in [0, 0.1) is 0 Å². The van der Waals surface area contributed by atoms with Crippen LogP contribution in [0.25, 0.3) is 0 Å². The van der Waals surface area contributed by atoms with Crippen LogP contribution in [0.1, 0.15) is 5.69 Å². The molecule has 13 heavy (non-hydrogen) atoms. The van der Waals surface area contributed by atoms with Crippen LogP contribution < -0.4 is 0 Å². The van der Waals surface area contributed by atoms with Gasteiger partial charge in [-0.25, -0.2) is 4.98 Å². The maximum absolute atomic E-state index is 9.29. The Balaban J connectivity index is 1.91. The lowest BCUT2D eigenvalue weighted by Crippen LogP contribution is -2.22. The third-order valence-electron chi connectivity index (χ3n) is 2.20. The van der Waals surface area contributed by atoms with Crippen LogP contribution in [-0.2, 0) is 6.54 Å². The van der Waals surface area contributed by atoms with E-state index in [1.54, 1.807) is 16.8 Å². The fraction of sp³-hybridized carbons (Fsp3) is 0.625. The van der Waals surface area contributed by atoms with Gasteiger partial charge >= 0.3 is 0 Å². The second kappa shape index (κ2) is 3.71. The normalized spacial score (nSPS) is 29.7. The van der Waals surface area contributed by atoms with E-state index < -0.39 is 12.2 Å². The summed E-state index contributed by atoms with van der Waals surface area (Å²) >= 11 is 1.56. The highest BCUT2D eigenvalue weighted by molar-refractivity contribution is 7.07. The minimum Gasteiger partial charge on any atom is -0.389 e. The molecule has 2 unspecified atom stereocenters. The molecule has 0 spiro atoms. The first-order valence-corrected chi connectivity index (χ1v) is 5.15. The average molecular weight is 200 g/mol. The van der Waals surface area contributed by atoms with Crippen LogP contribution in [0.2, 0.25) is 0 Å². The average Bonchev–Trinajstić information content (AvgIpc) is 2.64. The molecule has 1 aromatic rings. The maximum Gasteiger partial charge on any atom is 0.0938 e. The van der Waals surface area contributed by atoms with E-state index in [4.69, 9.17) is 0 Å². The lowest BCUT2D eigenvalue weighted by molar-refractivity contribution is 0.0572. The third-order valence-corrected chi connectivity index (χ3v) is 2.84. The molecule has 2 N–H and O–H groups in total. The number of thiazole rings is 1. The molecule has 1 aliphatic rings. The van der Waals surface area contributed by atoms with Crippen molar-refractivity contribution >= 4 is 11.3 Å². The second-order valence-corrected chi connectivity index (χ2v) is 4.03. The lowest BCUT2D eigenvalue weighted by Gasteiger charge is -2.11. The van der Waals surface area contributed by atoms with E-state index in [0.717, 1.165) is 12.2 Å². The first-order valence-electron chi connectivity index (χ1n) is 4.21. The molecule has 1 aliphatic heterocycles. The monoisotopic (exact) mass is 200 g/mol. The minimum atomic E-state index is -0.598. The number of hydrogen-bond acceptors (Lipinski definition) is 5. The molecule has 2 rings (SSSR count). The van der Waals surface area contributed by atoms with Crippen molar-refractivity contribution in [2.24, 2.45) is 0 Å². The molecule has 1 fully saturated rings. The summed E-state index contributed by atoms with van der Waals surface area (Å²) in [6.45, 7) is 1.80. The van der Waals surface area contributed by atoms with Crippen molar-refractivity contribution in [2.45, 2.75) is 18.8 Å². The van der Waals surface area contributed by atoms with Gasteiger partial charge in [0.1, 0.15) is 0 Å². The number of nitrogens with zero attached hydrogens (tertiary/aromatic N) is 2. The second-order valence-electron chi connectivity index (χ2n) is 3.31. The quantitative estimate of drug-likeness (QED) is 0.687. The summed E-state index contributed by atoms with van der Waals surface area (Å²) in [4.78, 5) is 6.15. The van der Waals surface area contributed by atoms with Crippen LogP contribution in [0.4, 0.5) is 0 Å². The molecule has 5 heteroatoms. The fourth-order valence-electron chi connectivity index (χ4n) is 1.52. The summed E-state index contributed by atoms with van der Waals surface area (Å²) in [7, 11) is 0. The van der Waals surface area contributed by atoms with Crippen molar-refractivity contribution < 1.29 is 10.2 Å². The molecule has 2 heterocycles. The van der Waals surface area contributed by atoms with Gasteiger partial charge in [0, 0.05) is 25.0 Å². The summed E-state index contributed by atoms with van der Waals surface area (Å²) in [5.74, 6) is 0. The van der Waals surface area contributed by atoms with Crippen molar-refractivity contribution in [3.63, 3.8) is 0 Å². The Hall–Kier alpha value is -0.490. The number of aromatic nitrogens is 1. The predicted molar refractivity (Wildman–Crippen MR) is 49.4 cm³/mol. The van der Waals surface area contributed by atoms with E-state index >= 15 is 0 Å². The summed E-state index contributed by atoms with van der Waals surface area (Å²) in [6, 6.07) is 0. The van der Waals surface area contributed by atoms with Gasteiger partial charge in [-0.05, 0) is 0 Å². The molecule has 4 nitrogen and oxygen atoms in total. The van der Waals surface area contributed by atoms with Crippen molar-refractivity contribution in [1.82, 2.24) is 9.88 Å². The topological polar surface area (TPSA) is 56.6 Å². The zero-order valence-electron chi connectivity index (χ0n) is 7.13. The predicted octanol–water partition coefficient (Wildman–Crippen LogP) is -0.320. The van der Waals surface area contributed by atoms with E-state index in [9.17, 15) is 10.2 Å². The zero-order valence-corrected chi connectivity index (χ0v) is 7.94. The van der Waals surface area contributed by atoms with Gasteiger partial charge in [-0.3, -0.25) is 4.90 Å². The zero-order chi connectivity index (χ0) is 9.26. The number of β-amino-alcohol motifs (C(OH)–C–C–N with tert-alkyl or cyclic N) is 2. The highest BCUT2D eigenvalue weighted by Crippen LogP contribution is 2.13. The highest BCUT2D eigenvalue weighted by atomic mass is 32.1. The minimum absolute atomic E-state index is 0.540. The molecule has 1 saturated heterocycles. The van der Waals surface area contributed by atoms with Gasteiger partial charge in [0.15, 0.2) is 0 Å². The number of aliphatic hydroxyl groups excluding tert-OH is 2. The molecule has 0 saturated carbocycles. The van der Waals surface area contributed by atoms with Crippen molar-refractivity contribution in [3.8, 4) is 0 Å². The first kappa shape index (κ1) is 9.08. The van der Waals surface area contributed by atoms with Gasteiger partial charge in [-0.2, -0.15) is 0 Å². The molecule has 72 valence electrons. The smallest absolute Gasteiger partial charge is 0.0938 e. The highest BCUT2D eigenvalue weighted by Gasteiger charge is 2.29. The fourth-order valence-corrected chi connectivity index (χ4v) is 2.07. The number of rotatable bonds is 2. The summed E-state index contributed by atoms with van der Waals surface area (Å²) in [5, 5.41) is 20.6. The molecule has 0 aromatic carbocycles. The van der Waals surface area contributed by atoms with Crippen molar-refractivity contribution in [1.29, 1.82) is 0 Å². The molecular weight excluding hydrogens is 188 g/mol. The number of aliphatic hydroxyl groups is 2. The molecule has 2 atom stereocenters. The molecule has 1 aromatic heterocycles. The Bertz CT molecular complexity index is 255. The standard InChI is InChI=1S/C8H12N2O2S/c11-7-2-10(3-8(7)12)1-6-4-13-5-9-6/h4-5,7-8,11-12H,1-3H2. The maximum atomic E-state index is 9.29. The van der Waals surface area contributed by atoms with Gasteiger partial charge in [0.25, 0.3) is 0 Å². The largest absolute Gasteiger partial charge is 0.389 e. The van der Waals surface area contributed by atoms with Gasteiger partial charge < -0.3 is 10.2 Å².